The van der Waals surface area contributed by atoms with Gasteiger partial charge in [0.15, 0.2) is 0 Å². The van der Waals surface area contributed by atoms with Gasteiger partial charge in [0.1, 0.15) is 16.3 Å². The molecule has 0 fully saturated rings. The van der Waals surface area contributed by atoms with Gasteiger partial charge in [-0.2, -0.15) is 0 Å². The fourth-order valence-corrected chi connectivity index (χ4v) is 2.97. The summed E-state index contributed by atoms with van der Waals surface area (Å²) in [6.45, 7) is 0. The van der Waals surface area contributed by atoms with Gasteiger partial charge in [-0.3, -0.25) is 4.79 Å². The Morgan fingerprint density at radius 1 is 1.12 bits per heavy atom. The lowest BCUT2D eigenvalue weighted by atomic mass is 10.2. The molecule has 2 heterocycles. The van der Waals surface area contributed by atoms with Gasteiger partial charge in [0.25, 0.3) is 5.91 Å². The molecule has 7 heteroatoms. The van der Waals surface area contributed by atoms with E-state index in [0.29, 0.717) is 16.1 Å². The molecule has 0 aliphatic carbocycles. The van der Waals surface area contributed by atoms with E-state index in [1.165, 1.54) is 18.4 Å². The summed E-state index contributed by atoms with van der Waals surface area (Å²) < 4.78 is 9.86. The van der Waals surface area contributed by atoms with E-state index >= 15 is 0 Å². The summed E-state index contributed by atoms with van der Waals surface area (Å²) in [5.41, 5.74) is 1.35. The molecule has 0 aliphatic heterocycles. The van der Waals surface area contributed by atoms with Crippen LogP contribution in [0, 0.1) is 0 Å². The summed E-state index contributed by atoms with van der Waals surface area (Å²) >= 11 is 1.20. The van der Waals surface area contributed by atoms with Crippen molar-refractivity contribution in [2.75, 3.05) is 19.5 Å². The highest BCUT2D eigenvalue weighted by Crippen LogP contribution is 2.24. The highest BCUT2D eigenvalue weighted by Gasteiger charge is 2.17. The number of nitrogens with one attached hydrogen (secondary N) is 1. The summed E-state index contributed by atoms with van der Waals surface area (Å²) in [6.07, 6.45) is 0. The number of amides is 1. The molecule has 0 saturated carbocycles. The van der Waals surface area contributed by atoms with Crippen molar-refractivity contribution in [2.45, 2.75) is 0 Å². The second-order valence-corrected chi connectivity index (χ2v) is 5.78. The Kier molecular flexibility index (Phi) is 4.43. The molecule has 3 rings (SSSR count). The maximum Gasteiger partial charge on any atom is 0.350 e. The van der Waals surface area contributed by atoms with Crippen molar-refractivity contribution < 1.29 is 19.1 Å². The molecule has 0 bridgehead atoms. The minimum absolute atomic E-state index is 0.259. The number of rotatable bonds is 4. The number of aromatic nitrogens is 1. The molecule has 2 aromatic heterocycles. The maximum absolute atomic E-state index is 12.4. The number of carbonyl (C=O) groups is 2. The number of hydrogen-bond acceptors (Lipinski definition) is 6. The number of anilines is 1. The fourth-order valence-electron chi connectivity index (χ4n) is 2.20. The van der Waals surface area contributed by atoms with Crippen molar-refractivity contribution in [3.63, 3.8) is 0 Å². The molecule has 24 heavy (non-hydrogen) atoms. The first kappa shape index (κ1) is 15.9. The number of carbonyl (C=O) groups excluding carboxylic acids is 2. The van der Waals surface area contributed by atoms with Crippen molar-refractivity contribution in [2.24, 2.45) is 0 Å². The zero-order chi connectivity index (χ0) is 17.1. The Labute approximate surface area is 142 Å². The SMILES string of the molecule is COC(=O)c1sccc1NC(=O)c1ccc2cc(OC)ccc2n1. The van der Waals surface area contributed by atoms with Gasteiger partial charge >= 0.3 is 5.97 Å². The third-order valence-electron chi connectivity index (χ3n) is 3.41. The van der Waals surface area contributed by atoms with Gasteiger partial charge in [0.2, 0.25) is 0 Å². The molecular formula is C17H14N2O4S. The van der Waals surface area contributed by atoms with Crippen LogP contribution in [0.25, 0.3) is 10.9 Å². The summed E-state index contributed by atoms with van der Waals surface area (Å²) in [5, 5.41) is 5.27. The van der Waals surface area contributed by atoms with Crippen LogP contribution < -0.4 is 10.1 Å². The lowest BCUT2D eigenvalue weighted by Crippen LogP contribution is -2.15. The minimum Gasteiger partial charge on any atom is -0.497 e. The number of ether oxygens (including phenoxy) is 2. The molecule has 3 aromatic rings. The molecule has 1 N–H and O–H groups in total. The van der Waals surface area contributed by atoms with Crippen molar-refractivity contribution in [3.8, 4) is 5.75 Å². The maximum atomic E-state index is 12.4. The van der Waals surface area contributed by atoms with Gasteiger partial charge in [-0.15, -0.1) is 11.3 Å². The van der Waals surface area contributed by atoms with Crippen LogP contribution in [-0.2, 0) is 4.74 Å². The number of nitrogens with zero attached hydrogens (tertiary/aromatic N) is 1. The molecule has 0 radical (unpaired) electrons. The summed E-state index contributed by atoms with van der Waals surface area (Å²) in [4.78, 5) is 28.7. The molecule has 0 spiro atoms. The molecule has 0 atom stereocenters. The second kappa shape index (κ2) is 6.67. The molecule has 122 valence electrons. The normalized spacial score (nSPS) is 10.4. The van der Waals surface area contributed by atoms with E-state index in [-0.39, 0.29) is 5.69 Å². The van der Waals surface area contributed by atoms with Crippen molar-refractivity contribution >= 4 is 39.8 Å². The third-order valence-corrected chi connectivity index (χ3v) is 4.31. The topological polar surface area (TPSA) is 77.5 Å². The first-order chi connectivity index (χ1) is 11.6. The van der Waals surface area contributed by atoms with E-state index in [1.807, 2.05) is 6.07 Å². The number of methoxy groups -OCH3 is 2. The molecule has 0 unspecified atom stereocenters. The number of pyridine rings is 1. The summed E-state index contributed by atoms with van der Waals surface area (Å²) in [5.74, 6) is -0.155. The lowest BCUT2D eigenvalue weighted by molar-refractivity contribution is 0.0607. The van der Waals surface area contributed by atoms with Crippen molar-refractivity contribution in [1.82, 2.24) is 4.98 Å². The van der Waals surface area contributed by atoms with Crippen LogP contribution in [0.15, 0.2) is 41.8 Å². The average molecular weight is 342 g/mol. The van der Waals surface area contributed by atoms with Gasteiger partial charge in [0.05, 0.1) is 25.4 Å². The first-order valence-corrected chi connectivity index (χ1v) is 7.92. The van der Waals surface area contributed by atoms with Crippen molar-refractivity contribution in [1.29, 1.82) is 0 Å². The number of hydrogen-bond donors (Lipinski definition) is 1. The Morgan fingerprint density at radius 3 is 2.71 bits per heavy atom. The van der Waals surface area contributed by atoms with Gasteiger partial charge in [0, 0.05) is 5.39 Å². The number of fused-ring (bicyclic) bond motifs is 1. The summed E-state index contributed by atoms with van der Waals surface area (Å²) in [7, 11) is 2.89. The Hall–Kier alpha value is -2.93. The smallest absolute Gasteiger partial charge is 0.350 e. The van der Waals surface area contributed by atoms with Crippen molar-refractivity contribution in [3.05, 3.63) is 52.3 Å². The van der Waals surface area contributed by atoms with Gasteiger partial charge < -0.3 is 14.8 Å². The fraction of sp³-hybridized carbons (Fsp3) is 0.118. The largest absolute Gasteiger partial charge is 0.497 e. The average Bonchev–Trinajstić information content (AvgIpc) is 3.08. The predicted molar refractivity (Wildman–Crippen MR) is 91.9 cm³/mol. The van der Waals surface area contributed by atoms with Gasteiger partial charge in [-0.25, -0.2) is 9.78 Å². The Morgan fingerprint density at radius 2 is 1.96 bits per heavy atom. The van der Waals surface area contributed by atoms with E-state index in [4.69, 9.17) is 9.47 Å². The zero-order valence-corrected chi connectivity index (χ0v) is 13.8. The predicted octanol–water partition coefficient (Wildman–Crippen LogP) is 3.34. The lowest BCUT2D eigenvalue weighted by Gasteiger charge is -2.07. The molecular weight excluding hydrogens is 328 g/mol. The van der Waals surface area contributed by atoms with Gasteiger partial charge in [-0.05, 0) is 35.7 Å². The molecule has 1 amide bonds. The van der Waals surface area contributed by atoms with E-state index in [2.05, 4.69) is 10.3 Å². The number of thiophene rings is 1. The van der Waals surface area contributed by atoms with E-state index in [0.717, 1.165) is 11.1 Å². The van der Waals surface area contributed by atoms with Crippen LogP contribution in [0.2, 0.25) is 0 Å². The summed E-state index contributed by atoms with van der Waals surface area (Å²) in [6, 6.07) is 10.5. The molecule has 1 aromatic carbocycles. The number of benzene rings is 1. The van der Waals surface area contributed by atoms with Crippen LogP contribution in [0.1, 0.15) is 20.2 Å². The highest BCUT2D eigenvalue weighted by molar-refractivity contribution is 7.12. The van der Waals surface area contributed by atoms with E-state index in [9.17, 15) is 9.59 Å². The van der Waals surface area contributed by atoms with Crippen LogP contribution in [0.3, 0.4) is 0 Å². The standard InChI is InChI=1S/C17H14N2O4S/c1-22-11-4-6-12-10(9-11)3-5-14(18-12)16(20)19-13-7-8-24-15(13)17(21)23-2/h3-9H,1-2H3,(H,19,20). The minimum atomic E-state index is -0.487. The van der Waals surface area contributed by atoms with Crippen LogP contribution in [0.4, 0.5) is 5.69 Å². The Balaban J connectivity index is 1.86. The van der Waals surface area contributed by atoms with E-state index in [1.54, 1.807) is 42.8 Å². The molecule has 0 aliphatic rings. The second-order valence-electron chi connectivity index (χ2n) is 4.86. The molecule has 0 saturated heterocycles. The third kappa shape index (κ3) is 3.07. The van der Waals surface area contributed by atoms with Crippen LogP contribution in [0.5, 0.6) is 5.75 Å². The quantitative estimate of drug-likeness (QED) is 0.736. The zero-order valence-electron chi connectivity index (χ0n) is 13.0. The highest BCUT2D eigenvalue weighted by atomic mass is 32.1. The van der Waals surface area contributed by atoms with Gasteiger partial charge in [-0.1, -0.05) is 6.07 Å². The number of esters is 1. The van der Waals surface area contributed by atoms with E-state index < -0.39 is 11.9 Å². The van der Waals surface area contributed by atoms with Crippen LogP contribution >= 0.6 is 11.3 Å². The Bertz CT molecular complexity index is 920. The first-order valence-electron chi connectivity index (χ1n) is 7.04. The van der Waals surface area contributed by atoms with Crippen LogP contribution in [-0.4, -0.2) is 31.1 Å². The molecule has 6 nitrogen and oxygen atoms in total. The monoisotopic (exact) mass is 342 g/mol.